The molecule has 0 radical (unpaired) electrons. The molecule has 0 unspecified atom stereocenters. The number of sulfone groups is 1. The number of rotatable bonds is 5. The molecule has 0 saturated heterocycles. The Labute approximate surface area is 152 Å². The zero-order valence-corrected chi connectivity index (χ0v) is 15.1. The molecular formula is C16H16F3N3O4S. The Bertz CT molecular complexity index is 1030. The first kappa shape index (κ1) is 20.5. The highest BCUT2D eigenvalue weighted by molar-refractivity contribution is 7.92. The molecule has 2 aromatic rings. The third-order valence-electron chi connectivity index (χ3n) is 3.52. The molecule has 0 aliphatic carbocycles. The van der Waals surface area contributed by atoms with Crippen LogP contribution in [-0.2, 0) is 9.84 Å². The molecule has 0 saturated carbocycles. The van der Waals surface area contributed by atoms with Crippen molar-refractivity contribution in [3.63, 3.8) is 0 Å². The van der Waals surface area contributed by atoms with Crippen molar-refractivity contribution in [3.05, 3.63) is 51.9 Å². The second-order valence-corrected chi connectivity index (χ2v) is 7.47. The lowest BCUT2D eigenvalue weighted by molar-refractivity contribution is -0.0436. The van der Waals surface area contributed by atoms with Crippen molar-refractivity contribution in [2.45, 2.75) is 24.3 Å². The summed E-state index contributed by atoms with van der Waals surface area (Å²) >= 11 is 0. The molecule has 0 aliphatic rings. The summed E-state index contributed by atoms with van der Waals surface area (Å²) in [6.45, 7) is 3.67. The summed E-state index contributed by atoms with van der Waals surface area (Å²) in [5, 5.41) is 5.08. The van der Waals surface area contributed by atoms with Gasteiger partial charge in [0.05, 0.1) is 16.3 Å². The maximum Gasteiger partial charge on any atom is 0.501 e. The first-order valence-electron chi connectivity index (χ1n) is 7.68. The van der Waals surface area contributed by atoms with E-state index in [0.29, 0.717) is 18.3 Å². The molecule has 1 aromatic heterocycles. The maximum absolute atomic E-state index is 12.8. The van der Waals surface area contributed by atoms with Crippen LogP contribution in [0.3, 0.4) is 0 Å². The molecule has 27 heavy (non-hydrogen) atoms. The van der Waals surface area contributed by atoms with Crippen LogP contribution < -0.4 is 16.2 Å². The lowest BCUT2D eigenvalue weighted by Gasteiger charge is -2.15. The van der Waals surface area contributed by atoms with Gasteiger partial charge in [0.2, 0.25) is 0 Å². The Morgan fingerprint density at radius 2 is 1.81 bits per heavy atom. The quantitative estimate of drug-likeness (QED) is 0.711. The number of aryl methyl sites for hydroxylation is 1. The molecule has 0 fully saturated rings. The summed E-state index contributed by atoms with van der Waals surface area (Å²) in [7, 11) is -5.59. The summed E-state index contributed by atoms with van der Waals surface area (Å²) in [4.78, 5) is 25.6. The molecule has 0 aliphatic heterocycles. The largest absolute Gasteiger partial charge is 0.501 e. The van der Waals surface area contributed by atoms with Crippen LogP contribution in [0, 0.1) is 6.92 Å². The number of benzene rings is 1. The number of aromatic amines is 1. The number of halogens is 3. The summed E-state index contributed by atoms with van der Waals surface area (Å²) in [6, 6.07) is 5.33. The van der Waals surface area contributed by atoms with E-state index in [0.717, 1.165) is 12.1 Å². The van der Waals surface area contributed by atoms with Crippen molar-refractivity contribution in [1.29, 1.82) is 0 Å². The summed E-state index contributed by atoms with van der Waals surface area (Å²) in [5.74, 6) is -0.892. The SMILES string of the molecule is CCNc1ccc(S(=O)(=O)C(F)(F)F)cc1NC(=O)c1ccc(C)[nH]c1=O. The van der Waals surface area contributed by atoms with Crippen molar-refractivity contribution < 1.29 is 26.4 Å². The molecule has 2 rings (SSSR count). The van der Waals surface area contributed by atoms with Crippen LogP contribution in [0.2, 0.25) is 0 Å². The summed E-state index contributed by atoms with van der Waals surface area (Å²) in [5.41, 5.74) is -5.92. The number of hydrogen-bond acceptors (Lipinski definition) is 5. The molecule has 0 bridgehead atoms. The Morgan fingerprint density at radius 3 is 2.37 bits per heavy atom. The van der Waals surface area contributed by atoms with Gasteiger partial charge in [-0.15, -0.1) is 0 Å². The predicted octanol–water partition coefficient (Wildman–Crippen LogP) is 2.66. The topological polar surface area (TPSA) is 108 Å². The minimum absolute atomic E-state index is 0.202. The second kappa shape index (κ2) is 7.43. The number of H-pyrrole nitrogens is 1. The van der Waals surface area contributed by atoms with E-state index in [4.69, 9.17) is 0 Å². The van der Waals surface area contributed by atoms with E-state index in [1.165, 1.54) is 12.1 Å². The number of amides is 1. The van der Waals surface area contributed by atoms with Crippen molar-refractivity contribution in [2.24, 2.45) is 0 Å². The molecule has 1 aromatic carbocycles. The van der Waals surface area contributed by atoms with Crippen LogP contribution in [0.4, 0.5) is 24.5 Å². The van der Waals surface area contributed by atoms with Crippen LogP contribution >= 0.6 is 0 Å². The molecule has 146 valence electrons. The standard InChI is InChI=1S/C16H16F3N3O4S/c1-3-20-12-7-5-10(27(25,26)16(17,18)19)8-13(12)22-15(24)11-6-4-9(2)21-14(11)23/h4-8,20H,3H2,1-2H3,(H,21,23)(H,22,24). The van der Waals surface area contributed by atoms with Crippen molar-refractivity contribution in [2.75, 3.05) is 17.2 Å². The van der Waals surface area contributed by atoms with E-state index in [1.54, 1.807) is 13.8 Å². The fourth-order valence-electron chi connectivity index (χ4n) is 2.21. The number of pyridine rings is 1. The molecule has 1 amide bonds. The third kappa shape index (κ3) is 4.30. The van der Waals surface area contributed by atoms with Gasteiger partial charge >= 0.3 is 5.51 Å². The predicted molar refractivity (Wildman–Crippen MR) is 93.6 cm³/mol. The highest BCUT2D eigenvalue weighted by Crippen LogP contribution is 2.34. The van der Waals surface area contributed by atoms with Crippen LogP contribution in [-0.4, -0.2) is 31.4 Å². The van der Waals surface area contributed by atoms with Gasteiger partial charge in [0.15, 0.2) is 0 Å². The lowest BCUT2D eigenvalue weighted by atomic mass is 10.2. The van der Waals surface area contributed by atoms with Gasteiger partial charge in [0.1, 0.15) is 5.56 Å². The highest BCUT2D eigenvalue weighted by Gasteiger charge is 2.47. The number of carbonyl (C=O) groups is 1. The molecule has 0 atom stereocenters. The van der Waals surface area contributed by atoms with Crippen LogP contribution in [0.25, 0.3) is 0 Å². The van der Waals surface area contributed by atoms with E-state index < -0.39 is 31.7 Å². The van der Waals surface area contributed by atoms with Gasteiger partial charge in [-0.25, -0.2) is 8.42 Å². The van der Waals surface area contributed by atoms with Gasteiger partial charge in [-0.05, 0) is 44.2 Å². The third-order valence-corrected chi connectivity index (χ3v) is 5.01. The minimum Gasteiger partial charge on any atom is -0.384 e. The van der Waals surface area contributed by atoms with E-state index in [9.17, 15) is 31.2 Å². The first-order valence-corrected chi connectivity index (χ1v) is 9.16. The van der Waals surface area contributed by atoms with Crippen molar-refractivity contribution >= 4 is 27.1 Å². The molecule has 7 nitrogen and oxygen atoms in total. The average molecular weight is 403 g/mol. The monoisotopic (exact) mass is 403 g/mol. The number of anilines is 2. The van der Waals surface area contributed by atoms with E-state index in [1.807, 2.05) is 0 Å². The van der Waals surface area contributed by atoms with Crippen molar-refractivity contribution in [3.8, 4) is 0 Å². The number of aromatic nitrogens is 1. The van der Waals surface area contributed by atoms with Gasteiger partial charge in [-0.2, -0.15) is 13.2 Å². The minimum atomic E-state index is -5.59. The van der Waals surface area contributed by atoms with E-state index in [-0.39, 0.29) is 16.9 Å². The van der Waals surface area contributed by atoms with Gasteiger partial charge < -0.3 is 15.6 Å². The zero-order chi connectivity index (χ0) is 20.4. The fraction of sp³-hybridized carbons (Fsp3) is 0.250. The number of alkyl halides is 3. The maximum atomic E-state index is 12.8. The van der Waals surface area contributed by atoms with Gasteiger partial charge in [0.25, 0.3) is 21.3 Å². The summed E-state index contributed by atoms with van der Waals surface area (Å²) < 4.78 is 61.6. The Hall–Kier alpha value is -2.82. The number of carbonyl (C=O) groups excluding carboxylic acids is 1. The van der Waals surface area contributed by atoms with Gasteiger partial charge in [0, 0.05) is 12.2 Å². The van der Waals surface area contributed by atoms with Gasteiger partial charge in [-0.3, -0.25) is 9.59 Å². The molecule has 1 heterocycles. The highest BCUT2D eigenvalue weighted by atomic mass is 32.2. The Balaban J connectivity index is 2.49. The molecule has 3 N–H and O–H groups in total. The van der Waals surface area contributed by atoms with E-state index in [2.05, 4.69) is 15.6 Å². The Kier molecular flexibility index (Phi) is 5.64. The van der Waals surface area contributed by atoms with Crippen LogP contribution in [0.1, 0.15) is 23.0 Å². The average Bonchev–Trinajstić information content (AvgIpc) is 2.55. The number of hydrogen-bond donors (Lipinski definition) is 3. The van der Waals surface area contributed by atoms with Crippen LogP contribution in [0.15, 0.2) is 40.0 Å². The zero-order valence-electron chi connectivity index (χ0n) is 14.3. The Morgan fingerprint density at radius 1 is 1.15 bits per heavy atom. The second-order valence-electron chi connectivity index (χ2n) is 5.53. The fourth-order valence-corrected chi connectivity index (χ4v) is 3.00. The number of nitrogens with one attached hydrogen (secondary N) is 3. The van der Waals surface area contributed by atoms with Crippen molar-refractivity contribution in [1.82, 2.24) is 4.98 Å². The van der Waals surface area contributed by atoms with Gasteiger partial charge in [-0.1, -0.05) is 0 Å². The van der Waals surface area contributed by atoms with Crippen LogP contribution in [0.5, 0.6) is 0 Å². The normalized spacial score (nSPS) is 11.9. The first-order chi connectivity index (χ1) is 12.5. The molecular weight excluding hydrogens is 387 g/mol. The molecule has 0 spiro atoms. The lowest BCUT2D eigenvalue weighted by Crippen LogP contribution is -2.25. The van der Waals surface area contributed by atoms with E-state index >= 15 is 0 Å². The summed E-state index contributed by atoms with van der Waals surface area (Å²) in [6.07, 6.45) is 0. The molecule has 11 heteroatoms. The smallest absolute Gasteiger partial charge is 0.384 e.